The quantitative estimate of drug-likeness (QED) is 0.722. The summed E-state index contributed by atoms with van der Waals surface area (Å²) < 4.78 is 7.51. The highest BCUT2D eigenvalue weighted by molar-refractivity contribution is 5.75. The molecule has 3 heteroatoms. The molecule has 0 aromatic heterocycles. The molecule has 1 rings (SSSR count). The molecule has 1 aromatic rings. The highest BCUT2D eigenvalue weighted by Gasteiger charge is 1.88. The predicted octanol–water partition coefficient (Wildman–Crippen LogP) is 0.775. The van der Waals surface area contributed by atoms with E-state index in [0.29, 0.717) is 0 Å². The van der Waals surface area contributed by atoms with Crippen molar-refractivity contribution in [2.45, 2.75) is 0 Å². The molecule has 0 heterocycles. The molecule has 74 valence electrons. The van der Waals surface area contributed by atoms with Gasteiger partial charge in [-0.2, -0.15) is 0 Å². The molecule has 0 aliphatic rings. The second-order valence-electron chi connectivity index (χ2n) is 2.78. The van der Waals surface area contributed by atoms with Gasteiger partial charge in [-0.15, -0.1) is 0 Å². The lowest BCUT2D eigenvalue weighted by molar-refractivity contribution is -0.117. The second kappa shape index (κ2) is 5.94. The van der Waals surface area contributed by atoms with Gasteiger partial charge in [-0.05, 0) is 5.56 Å². The Morgan fingerprint density at radius 1 is 1.50 bits per heavy atom. The smallest absolute Gasteiger partial charge is 0.231 e. The first-order chi connectivity index (χ1) is 7.18. The SMILES string of the molecule is [2H][C@@H](/C=C\c1ccccc1)NCC(N)=O. The van der Waals surface area contributed by atoms with Crippen LogP contribution in [0.4, 0.5) is 0 Å². The van der Waals surface area contributed by atoms with Crippen LogP contribution in [0.2, 0.25) is 0 Å². The minimum Gasteiger partial charge on any atom is -0.369 e. The lowest BCUT2D eigenvalue weighted by Gasteiger charge is -1.95. The van der Waals surface area contributed by atoms with Crippen molar-refractivity contribution in [1.29, 1.82) is 0 Å². The largest absolute Gasteiger partial charge is 0.369 e. The first-order valence-electron chi connectivity index (χ1n) is 4.93. The summed E-state index contributed by atoms with van der Waals surface area (Å²) >= 11 is 0. The van der Waals surface area contributed by atoms with Crippen LogP contribution in [-0.4, -0.2) is 19.0 Å². The third-order valence-electron chi connectivity index (χ3n) is 1.58. The zero-order valence-corrected chi connectivity index (χ0v) is 7.81. The third kappa shape index (κ3) is 4.42. The normalized spacial score (nSPS) is 13.9. The lowest BCUT2D eigenvalue weighted by atomic mass is 10.2. The van der Waals surface area contributed by atoms with Crippen molar-refractivity contribution < 1.29 is 6.17 Å². The monoisotopic (exact) mass is 191 g/mol. The summed E-state index contributed by atoms with van der Waals surface area (Å²) in [5.74, 6) is -0.458. The van der Waals surface area contributed by atoms with E-state index in [1.165, 1.54) is 0 Å². The molecule has 14 heavy (non-hydrogen) atoms. The number of carbonyl (C=O) groups excluding carboxylic acids is 1. The average molecular weight is 191 g/mol. The van der Waals surface area contributed by atoms with Crippen LogP contribution in [0.15, 0.2) is 36.4 Å². The second-order valence-corrected chi connectivity index (χ2v) is 2.78. The van der Waals surface area contributed by atoms with E-state index < -0.39 is 12.4 Å². The molecule has 3 N–H and O–H groups in total. The molecular formula is C11H14N2O. The number of nitrogens with one attached hydrogen (secondary N) is 1. The third-order valence-corrected chi connectivity index (χ3v) is 1.58. The Morgan fingerprint density at radius 2 is 2.21 bits per heavy atom. The van der Waals surface area contributed by atoms with Gasteiger partial charge in [0.15, 0.2) is 0 Å². The summed E-state index contributed by atoms with van der Waals surface area (Å²) in [6.07, 6.45) is 3.49. The molecule has 0 spiro atoms. The van der Waals surface area contributed by atoms with E-state index >= 15 is 0 Å². The highest BCUT2D eigenvalue weighted by atomic mass is 16.1. The summed E-state index contributed by atoms with van der Waals surface area (Å²) in [5, 5.41) is 2.66. The summed E-state index contributed by atoms with van der Waals surface area (Å²) in [6, 6.07) is 9.67. The van der Waals surface area contributed by atoms with Gasteiger partial charge in [0.05, 0.1) is 6.54 Å². The van der Waals surface area contributed by atoms with E-state index in [9.17, 15) is 4.79 Å². The minimum atomic E-state index is -0.613. The van der Waals surface area contributed by atoms with Crippen molar-refractivity contribution in [1.82, 2.24) is 5.32 Å². The predicted molar refractivity (Wildman–Crippen MR) is 57.5 cm³/mol. The van der Waals surface area contributed by atoms with Crippen molar-refractivity contribution >= 4 is 12.0 Å². The Bertz CT molecular complexity index is 338. The van der Waals surface area contributed by atoms with Gasteiger partial charge in [-0.1, -0.05) is 42.5 Å². The van der Waals surface area contributed by atoms with Crippen molar-refractivity contribution in [3.63, 3.8) is 0 Å². The standard InChI is InChI=1S/C11H14N2O/c12-11(14)9-13-8-4-7-10-5-2-1-3-6-10/h1-7,13H,8-9H2,(H2,12,14)/b7-4-/i8D/t8-/m0/s1. The Balaban J connectivity index is 2.41. The minimum absolute atomic E-state index is 0.0211. The van der Waals surface area contributed by atoms with Crippen molar-refractivity contribution in [3.8, 4) is 0 Å². The van der Waals surface area contributed by atoms with Crippen molar-refractivity contribution in [2.75, 3.05) is 13.1 Å². The maximum absolute atomic E-state index is 10.4. The molecular weight excluding hydrogens is 176 g/mol. The molecule has 0 aliphatic heterocycles. The fourth-order valence-electron chi connectivity index (χ4n) is 0.951. The van der Waals surface area contributed by atoms with Crippen LogP contribution in [0, 0.1) is 0 Å². The van der Waals surface area contributed by atoms with Crippen molar-refractivity contribution in [2.24, 2.45) is 5.73 Å². The molecule has 0 radical (unpaired) electrons. The summed E-state index contributed by atoms with van der Waals surface area (Å²) in [5.41, 5.74) is 5.96. The molecule has 0 bridgehead atoms. The Labute approximate surface area is 85.0 Å². The van der Waals surface area contributed by atoms with Crippen LogP contribution in [0.25, 0.3) is 6.08 Å². The average Bonchev–Trinajstić information content (AvgIpc) is 2.25. The van der Waals surface area contributed by atoms with E-state index in [0.717, 1.165) is 5.56 Å². The van der Waals surface area contributed by atoms with Crippen LogP contribution in [-0.2, 0) is 4.79 Å². The van der Waals surface area contributed by atoms with Gasteiger partial charge in [-0.3, -0.25) is 4.79 Å². The maximum atomic E-state index is 10.4. The van der Waals surface area contributed by atoms with E-state index in [1.807, 2.05) is 36.4 Å². The number of rotatable bonds is 5. The molecule has 1 atom stereocenters. The Kier molecular flexibility index (Phi) is 3.80. The molecule has 3 nitrogen and oxygen atoms in total. The van der Waals surface area contributed by atoms with E-state index in [2.05, 4.69) is 5.32 Å². The van der Waals surface area contributed by atoms with Gasteiger partial charge in [0, 0.05) is 7.89 Å². The van der Waals surface area contributed by atoms with Gasteiger partial charge in [0.1, 0.15) is 0 Å². The van der Waals surface area contributed by atoms with Crippen LogP contribution >= 0.6 is 0 Å². The van der Waals surface area contributed by atoms with E-state index in [4.69, 9.17) is 7.10 Å². The molecule has 0 aliphatic carbocycles. The molecule has 0 fully saturated rings. The van der Waals surface area contributed by atoms with Gasteiger partial charge < -0.3 is 11.1 Å². The molecule has 0 unspecified atom stereocenters. The highest BCUT2D eigenvalue weighted by Crippen LogP contribution is 1.99. The zero-order valence-electron chi connectivity index (χ0n) is 8.81. The topological polar surface area (TPSA) is 55.1 Å². The first-order valence-corrected chi connectivity index (χ1v) is 4.35. The Hall–Kier alpha value is -1.61. The van der Waals surface area contributed by atoms with Gasteiger partial charge in [-0.25, -0.2) is 0 Å². The van der Waals surface area contributed by atoms with Crippen molar-refractivity contribution in [3.05, 3.63) is 42.0 Å². The number of carbonyl (C=O) groups is 1. The zero-order chi connectivity index (χ0) is 11.1. The van der Waals surface area contributed by atoms with Gasteiger partial charge in [0.2, 0.25) is 5.91 Å². The van der Waals surface area contributed by atoms with Crippen LogP contribution < -0.4 is 11.1 Å². The number of primary amides is 1. The van der Waals surface area contributed by atoms with E-state index in [-0.39, 0.29) is 6.54 Å². The van der Waals surface area contributed by atoms with Crippen LogP contribution in [0.5, 0.6) is 0 Å². The number of amides is 1. The molecule has 0 saturated heterocycles. The fraction of sp³-hybridized carbons (Fsp3) is 0.182. The van der Waals surface area contributed by atoms with Crippen LogP contribution in [0.1, 0.15) is 6.93 Å². The fourth-order valence-corrected chi connectivity index (χ4v) is 0.951. The van der Waals surface area contributed by atoms with Gasteiger partial charge in [0.25, 0.3) is 0 Å². The Morgan fingerprint density at radius 3 is 2.86 bits per heavy atom. The number of hydrogen-bond donors (Lipinski definition) is 2. The number of benzene rings is 1. The lowest BCUT2D eigenvalue weighted by Crippen LogP contribution is -2.28. The van der Waals surface area contributed by atoms with E-state index in [1.54, 1.807) is 6.08 Å². The van der Waals surface area contributed by atoms with Gasteiger partial charge >= 0.3 is 0 Å². The first kappa shape index (κ1) is 8.97. The van der Waals surface area contributed by atoms with Crippen LogP contribution in [0.3, 0.4) is 0 Å². The summed E-state index contributed by atoms with van der Waals surface area (Å²) in [4.78, 5) is 10.4. The molecule has 1 aromatic carbocycles. The summed E-state index contributed by atoms with van der Waals surface area (Å²) in [7, 11) is 0. The molecule has 1 amide bonds. The molecule has 0 saturated carbocycles. The maximum Gasteiger partial charge on any atom is 0.231 e. The number of hydrogen-bond acceptors (Lipinski definition) is 2. The number of nitrogens with two attached hydrogens (primary N) is 1. The summed E-state index contributed by atoms with van der Waals surface area (Å²) in [6.45, 7) is -0.592.